The van der Waals surface area contributed by atoms with Gasteiger partial charge in [-0.25, -0.2) is 17.7 Å². The highest BCUT2D eigenvalue weighted by atomic mass is 32.2. The van der Waals surface area contributed by atoms with Gasteiger partial charge in [0.25, 0.3) is 10.0 Å². The third-order valence-electron chi connectivity index (χ3n) is 7.43. The summed E-state index contributed by atoms with van der Waals surface area (Å²) in [6.07, 6.45) is 3.35. The molecule has 0 amide bonds. The van der Waals surface area contributed by atoms with Gasteiger partial charge in [0.05, 0.1) is 5.52 Å². The first-order valence-corrected chi connectivity index (χ1v) is 14.2. The van der Waals surface area contributed by atoms with Gasteiger partial charge in [0.15, 0.2) is 5.82 Å². The summed E-state index contributed by atoms with van der Waals surface area (Å²) < 4.78 is 29.3. The minimum atomic E-state index is -3.92. The highest BCUT2D eigenvalue weighted by Crippen LogP contribution is 2.42. The summed E-state index contributed by atoms with van der Waals surface area (Å²) in [6.45, 7) is 8.40. The number of pyridine rings is 1. The predicted octanol–water partition coefficient (Wildman–Crippen LogP) is 4.01. The molecule has 9 nitrogen and oxygen atoms in total. The molecular formula is C28H31N7O2S. The van der Waals surface area contributed by atoms with Crippen LogP contribution in [-0.4, -0.2) is 68.0 Å². The Labute approximate surface area is 223 Å². The smallest absolute Gasteiger partial charge is 0.267 e. The summed E-state index contributed by atoms with van der Waals surface area (Å²) in [4.78, 5) is 18.5. The van der Waals surface area contributed by atoms with Crippen molar-refractivity contribution in [2.75, 3.05) is 54.3 Å². The Bertz CT molecular complexity index is 1590. The molecule has 0 aliphatic carbocycles. The molecule has 2 aliphatic rings. The Hall–Kier alpha value is -3.76. The van der Waals surface area contributed by atoms with Crippen LogP contribution in [0, 0.1) is 0 Å². The largest absolute Gasteiger partial charge is 0.369 e. The Balaban J connectivity index is 1.30. The Morgan fingerprint density at radius 2 is 1.66 bits per heavy atom. The molecule has 2 aromatic carbocycles. The van der Waals surface area contributed by atoms with Gasteiger partial charge < -0.3 is 15.1 Å². The normalized spacial score (nSPS) is 17.6. The second kappa shape index (κ2) is 9.21. The Kier molecular flexibility index (Phi) is 5.96. The van der Waals surface area contributed by atoms with E-state index >= 15 is 0 Å². The van der Waals surface area contributed by atoms with E-state index in [9.17, 15) is 8.42 Å². The summed E-state index contributed by atoms with van der Waals surface area (Å²) in [5.74, 6) is 0.750. The number of likely N-dealkylation sites (N-methyl/N-ethyl adjacent to an activating group) is 1. The molecule has 38 heavy (non-hydrogen) atoms. The topological polar surface area (TPSA) is 94.6 Å². The van der Waals surface area contributed by atoms with Gasteiger partial charge in [-0.3, -0.25) is 4.98 Å². The summed E-state index contributed by atoms with van der Waals surface area (Å²) in [6, 6.07) is 17.1. The Morgan fingerprint density at radius 3 is 2.42 bits per heavy atom. The van der Waals surface area contributed by atoms with Crippen LogP contribution in [0.5, 0.6) is 0 Å². The zero-order valence-electron chi connectivity index (χ0n) is 21.8. The molecule has 196 valence electrons. The zero-order valence-corrected chi connectivity index (χ0v) is 22.6. The summed E-state index contributed by atoms with van der Waals surface area (Å²) in [7, 11) is -1.77. The number of nitrogens with zero attached hydrogens (tertiary/aromatic N) is 6. The van der Waals surface area contributed by atoms with Gasteiger partial charge in [-0.1, -0.05) is 32.0 Å². The van der Waals surface area contributed by atoms with Crippen LogP contribution in [0.1, 0.15) is 19.4 Å². The maximum atomic E-state index is 14.0. The molecule has 2 aliphatic heterocycles. The lowest BCUT2D eigenvalue weighted by Gasteiger charge is -2.34. The number of rotatable bonds is 5. The number of anilines is 4. The second-order valence-corrected chi connectivity index (χ2v) is 12.5. The van der Waals surface area contributed by atoms with Gasteiger partial charge in [-0.2, -0.15) is 4.98 Å². The number of para-hydroxylation sites is 1. The molecule has 1 N–H and O–H groups in total. The number of hydrogen-bond donors (Lipinski definition) is 1. The summed E-state index contributed by atoms with van der Waals surface area (Å²) in [5, 5.41) is 4.03. The van der Waals surface area contributed by atoms with Crippen LogP contribution < -0.4 is 14.5 Å². The number of aromatic nitrogens is 3. The van der Waals surface area contributed by atoms with Crippen LogP contribution in [0.15, 0.2) is 71.9 Å². The summed E-state index contributed by atoms with van der Waals surface area (Å²) in [5.41, 5.74) is 2.83. The number of benzene rings is 2. The van der Waals surface area contributed by atoms with E-state index < -0.39 is 15.4 Å². The number of piperazine rings is 1. The van der Waals surface area contributed by atoms with Crippen molar-refractivity contribution in [1.29, 1.82) is 0 Å². The van der Waals surface area contributed by atoms with E-state index in [1.54, 1.807) is 30.6 Å². The van der Waals surface area contributed by atoms with E-state index in [1.165, 1.54) is 9.99 Å². The van der Waals surface area contributed by atoms with Crippen LogP contribution >= 0.6 is 0 Å². The standard InChI is InChI=1S/C28H31N7O2S/c1-28(2)19-35(38(36,37)24-8-4-6-20-7-5-13-29-25(20)24)26-23(28)18-30-27(32-26)31-21-9-11-22(12-10-21)34-16-14-33(3)15-17-34/h4-13,18H,14-17,19H2,1-3H3,(H,30,31,32). The average molecular weight is 530 g/mol. The van der Waals surface area contributed by atoms with Crippen molar-refractivity contribution in [3.05, 3.63) is 72.6 Å². The van der Waals surface area contributed by atoms with Gasteiger partial charge in [0.1, 0.15) is 4.90 Å². The molecule has 1 fully saturated rings. The summed E-state index contributed by atoms with van der Waals surface area (Å²) >= 11 is 0. The van der Waals surface area contributed by atoms with Crippen molar-refractivity contribution in [3.8, 4) is 0 Å². The van der Waals surface area contributed by atoms with Gasteiger partial charge in [0.2, 0.25) is 5.95 Å². The van der Waals surface area contributed by atoms with Gasteiger partial charge in [-0.05, 0) is 43.4 Å². The number of hydrogen-bond acceptors (Lipinski definition) is 8. The van der Waals surface area contributed by atoms with Crippen LogP contribution in [0.25, 0.3) is 10.9 Å². The third-order valence-corrected chi connectivity index (χ3v) is 9.20. The molecule has 4 aromatic rings. The molecule has 2 aromatic heterocycles. The van der Waals surface area contributed by atoms with Crippen molar-refractivity contribution >= 4 is 44.1 Å². The molecule has 0 saturated carbocycles. The molecule has 6 rings (SSSR count). The average Bonchev–Trinajstić information content (AvgIpc) is 3.20. The molecule has 4 heterocycles. The van der Waals surface area contributed by atoms with Gasteiger partial charge in [0, 0.05) is 72.9 Å². The van der Waals surface area contributed by atoms with Gasteiger partial charge in [-0.15, -0.1) is 0 Å². The fourth-order valence-corrected chi connectivity index (χ4v) is 6.93. The molecule has 10 heteroatoms. The SMILES string of the molecule is CN1CCN(c2ccc(Nc3ncc4c(n3)N(S(=O)(=O)c3cccc5cccnc35)CC4(C)C)cc2)CC1. The molecule has 0 spiro atoms. The monoisotopic (exact) mass is 529 g/mol. The van der Waals surface area contributed by atoms with Crippen LogP contribution in [0.4, 0.5) is 23.1 Å². The lowest BCUT2D eigenvalue weighted by molar-refractivity contribution is 0.313. The van der Waals surface area contributed by atoms with Crippen LogP contribution in [0.2, 0.25) is 0 Å². The lowest BCUT2D eigenvalue weighted by Crippen LogP contribution is -2.44. The molecule has 0 unspecified atom stereocenters. The van der Waals surface area contributed by atoms with E-state index in [-0.39, 0.29) is 11.4 Å². The first-order valence-electron chi connectivity index (χ1n) is 12.8. The molecule has 0 bridgehead atoms. The second-order valence-electron chi connectivity index (χ2n) is 10.6. The number of fused-ring (bicyclic) bond motifs is 2. The van der Waals surface area contributed by atoms with E-state index in [0.717, 1.165) is 42.8 Å². The number of nitrogens with one attached hydrogen (secondary N) is 1. The first kappa shape index (κ1) is 24.6. The van der Waals surface area contributed by atoms with Crippen molar-refractivity contribution < 1.29 is 8.42 Å². The minimum Gasteiger partial charge on any atom is -0.369 e. The van der Waals surface area contributed by atoms with E-state index in [1.807, 2.05) is 38.1 Å². The van der Waals surface area contributed by atoms with Crippen LogP contribution in [0.3, 0.4) is 0 Å². The molecule has 1 saturated heterocycles. The van der Waals surface area contributed by atoms with Crippen molar-refractivity contribution in [1.82, 2.24) is 19.9 Å². The van der Waals surface area contributed by atoms with Crippen molar-refractivity contribution in [2.45, 2.75) is 24.2 Å². The highest BCUT2D eigenvalue weighted by molar-refractivity contribution is 7.93. The third kappa shape index (κ3) is 4.33. The minimum absolute atomic E-state index is 0.173. The highest BCUT2D eigenvalue weighted by Gasteiger charge is 2.43. The van der Waals surface area contributed by atoms with E-state index in [0.29, 0.717) is 17.3 Å². The van der Waals surface area contributed by atoms with Crippen LogP contribution in [-0.2, 0) is 15.4 Å². The molecule has 0 radical (unpaired) electrons. The van der Waals surface area contributed by atoms with Crippen molar-refractivity contribution in [3.63, 3.8) is 0 Å². The fourth-order valence-electron chi connectivity index (χ4n) is 5.17. The van der Waals surface area contributed by atoms with Gasteiger partial charge >= 0.3 is 0 Å². The van der Waals surface area contributed by atoms with Crippen molar-refractivity contribution in [2.24, 2.45) is 0 Å². The zero-order chi connectivity index (χ0) is 26.5. The molecule has 0 atom stereocenters. The maximum Gasteiger partial charge on any atom is 0.267 e. The van der Waals surface area contributed by atoms with E-state index in [2.05, 4.69) is 44.3 Å². The first-order chi connectivity index (χ1) is 18.2. The Morgan fingerprint density at radius 1 is 0.921 bits per heavy atom. The maximum absolute atomic E-state index is 14.0. The van der Waals surface area contributed by atoms with E-state index in [4.69, 9.17) is 4.98 Å². The predicted molar refractivity (Wildman–Crippen MR) is 151 cm³/mol. The quantitative estimate of drug-likeness (QED) is 0.415. The lowest BCUT2D eigenvalue weighted by atomic mass is 9.89. The fraction of sp³-hybridized carbons (Fsp3) is 0.321. The number of sulfonamides is 1. The molecular weight excluding hydrogens is 498 g/mol.